The van der Waals surface area contributed by atoms with Gasteiger partial charge in [-0.05, 0) is 38.1 Å². The van der Waals surface area contributed by atoms with E-state index in [0.29, 0.717) is 33.5 Å². The maximum Gasteiger partial charge on any atom is 0.267 e. The molecule has 0 bridgehead atoms. The summed E-state index contributed by atoms with van der Waals surface area (Å²) in [6.45, 7) is 3.99. The predicted octanol–water partition coefficient (Wildman–Crippen LogP) is 4.00. The summed E-state index contributed by atoms with van der Waals surface area (Å²) >= 11 is 1.30. The minimum absolute atomic E-state index is 0.231. The van der Waals surface area contributed by atoms with E-state index in [9.17, 15) is 4.79 Å². The fourth-order valence-electron chi connectivity index (χ4n) is 2.51. The number of amides is 1. The molecule has 0 fully saturated rings. The molecule has 0 aliphatic rings. The summed E-state index contributed by atoms with van der Waals surface area (Å²) in [6, 6.07) is 8.94. The summed E-state index contributed by atoms with van der Waals surface area (Å²) < 4.78 is 16.2. The van der Waals surface area contributed by atoms with Gasteiger partial charge in [0.15, 0.2) is 11.5 Å². The van der Waals surface area contributed by atoms with E-state index in [0.717, 1.165) is 10.7 Å². The molecule has 1 N–H and O–H groups in total. The van der Waals surface area contributed by atoms with Gasteiger partial charge in [0.1, 0.15) is 22.2 Å². The summed E-state index contributed by atoms with van der Waals surface area (Å²) in [5.74, 6) is 1.57. The Morgan fingerprint density at radius 1 is 1.11 bits per heavy atom. The molecule has 2 aromatic heterocycles. The second-order valence-electron chi connectivity index (χ2n) is 5.97. The number of hydrogen-bond acceptors (Lipinski definition) is 7. The fourth-order valence-corrected chi connectivity index (χ4v) is 3.38. The van der Waals surface area contributed by atoms with Gasteiger partial charge in [0, 0.05) is 17.4 Å². The molecule has 7 nitrogen and oxygen atoms in total. The van der Waals surface area contributed by atoms with Gasteiger partial charge in [-0.3, -0.25) is 9.78 Å². The summed E-state index contributed by atoms with van der Waals surface area (Å²) in [5.41, 5.74) is 2.19. The molecule has 0 spiro atoms. The smallest absolute Gasteiger partial charge is 0.267 e. The van der Waals surface area contributed by atoms with E-state index in [4.69, 9.17) is 14.2 Å². The van der Waals surface area contributed by atoms with Crippen molar-refractivity contribution in [2.45, 2.75) is 20.5 Å². The van der Waals surface area contributed by atoms with Crippen LogP contribution in [0.15, 0.2) is 36.5 Å². The number of rotatable bonds is 7. The zero-order chi connectivity index (χ0) is 20.1. The number of benzene rings is 1. The third-order valence-electron chi connectivity index (χ3n) is 3.94. The lowest BCUT2D eigenvalue weighted by atomic mass is 10.2. The Morgan fingerprint density at radius 3 is 2.57 bits per heavy atom. The number of carbonyl (C=O) groups excluding carboxylic acids is 1. The van der Waals surface area contributed by atoms with Gasteiger partial charge >= 0.3 is 0 Å². The number of anilines is 1. The molecular formula is C20H21N3O4S. The Kier molecular flexibility index (Phi) is 6.10. The summed E-state index contributed by atoms with van der Waals surface area (Å²) in [4.78, 5) is 21.8. The van der Waals surface area contributed by atoms with E-state index in [1.54, 1.807) is 45.5 Å². The average Bonchev–Trinajstić information content (AvgIpc) is 3.08. The first-order chi connectivity index (χ1) is 13.5. The number of aryl methyl sites for hydroxylation is 2. The van der Waals surface area contributed by atoms with Crippen molar-refractivity contribution in [2.75, 3.05) is 19.5 Å². The molecular weight excluding hydrogens is 378 g/mol. The van der Waals surface area contributed by atoms with Gasteiger partial charge in [-0.1, -0.05) is 0 Å². The van der Waals surface area contributed by atoms with Crippen LogP contribution in [0.2, 0.25) is 0 Å². The van der Waals surface area contributed by atoms with Gasteiger partial charge in [-0.25, -0.2) is 4.98 Å². The second-order valence-corrected chi connectivity index (χ2v) is 7.05. The molecule has 3 aromatic rings. The maximum absolute atomic E-state index is 12.7. The minimum Gasteiger partial charge on any atom is -0.493 e. The average molecular weight is 399 g/mol. The highest BCUT2D eigenvalue weighted by atomic mass is 32.1. The monoisotopic (exact) mass is 399 g/mol. The Hall–Kier alpha value is -3.13. The quantitative estimate of drug-likeness (QED) is 0.647. The van der Waals surface area contributed by atoms with Crippen LogP contribution in [0.5, 0.6) is 17.2 Å². The van der Waals surface area contributed by atoms with E-state index >= 15 is 0 Å². The second kappa shape index (κ2) is 8.71. The van der Waals surface area contributed by atoms with Gasteiger partial charge in [-0.2, -0.15) is 0 Å². The third kappa shape index (κ3) is 4.58. The molecule has 2 heterocycles. The molecule has 0 saturated heterocycles. The lowest BCUT2D eigenvalue weighted by Gasteiger charge is -2.10. The Bertz CT molecular complexity index is 970. The largest absolute Gasteiger partial charge is 0.493 e. The molecule has 3 rings (SSSR count). The number of ether oxygens (including phenoxy) is 3. The molecule has 0 aliphatic carbocycles. The summed E-state index contributed by atoms with van der Waals surface area (Å²) in [5, 5.41) is 3.58. The van der Waals surface area contributed by atoms with Crippen LogP contribution in [0.25, 0.3) is 0 Å². The van der Waals surface area contributed by atoms with Crippen LogP contribution in [0, 0.1) is 13.8 Å². The molecule has 0 atom stereocenters. The molecule has 8 heteroatoms. The number of aromatic nitrogens is 2. The van der Waals surface area contributed by atoms with Gasteiger partial charge in [-0.15, -0.1) is 11.3 Å². The van der Waals surface area contributed by atoms with E-state index in [1.165, 1.54) is 11.3 Å². The SMILES string of the molecule is COc1ccc(NC(=O)c2sc(COc3ccc(C)nc3)nc2C)cc1OC. The highest BCUT2D eigenvalue weighted by Crippen LogP contribution is 2.30. The van der Waals surface area contributed by atoms with Crippen LogP contribution < -0.4 is 19.5 Å². The van der Waals surface area contributed by atoms with Crippen LogP contribution in [0.3, 0.4) is 0 Å². The van der Waals surface area contributed by atoms with Crippen molar-refractivity contribution in [2.24, 2.45) is 0 Å². The lowest BCUT2D eigenvalue weighted by Crippen LogP contribution is -2.11. The third-order valence-corrected chi connectivity index (χ3v) is 5.06. The normalized spacial score (nSPS) is 10.4. The van der Waals surface area contributed by atoms with Crippen LogP contribution in [-0.4, -0.2) is 30.1 Å². The van der Waals surface area contributed by atoms with Gasteiger partial charge in [0.2, 0.25) is 0 Å². The van der Waals surface area contributed by atoms with Crippen molar-refractivity contribution < 1.29 is 19.0 Å². The predicted molar refractivity (Wildman–Crippen MR) is 108 cm³/mol. The van der Waals surface area contributed by atoms with Crippen molar-refractivity contribution in [3.05, 3.63) is 57.8 Å². The Labute approximate surface area is 167 Å². The van der Waals surface area contributed by atoms with Gasteiger partial charge in [0.05, 0.1) is 26.1 Å². The van der Waals surface area contributed by atoms with Crippen molar-refractivity contribution in [3.63, 3.8) is 0 Å². The van der Waals surface area contributed by atoms with Crippen molar-refractivity contribution in [3.8, 4) is 17.2 Å². The Morgan fingerprint density at radius 2 is 1.89 bits per heavy atom. The number of nitrogens with zero attached hydrogens (tertiary/aromatic N) is 2. The van der Waals surface area contributed by atoms with E-state index in [-0.39, 0.29) is 12.5 Å². The standard InChI is InChI=1S/C20H21N3O4S/c1-12-5-7-15(10-21-12)27-11-18-22-13(2)19(28-18)20(24)23-14-6-8-16(25-3)17(9-14)26-4/h5-10H,11H2,1-4H3,(H,23,24). The fraction of sp³-hybridized carbons (Fsp3) is 0.250. The first-order valence-electron chi connectivity index (χ1n) is 8.55. The highest BCUT2D eigenvalue weighted by Gasteiger charge is 2.17. The molecule has 1 aromatic carbocycles. The van der Waals surface area contributed by atoms with Crippen LogP contribution in [0.4, 0.5) is 5.69 Å². The van der Waals surface area contributed by atoms with E-state index < -0.39 is 0 Å². The molecule has 28 heavy (non-hydrogen) atoms. The molecule has 1 amide bonds. The molecule has 0 radical (unpaired) electrons. The van der Waals surface area contributed by atoms with Crippen molar-refractivity contribution >= 4 is 22.9 Å². The lowest BCUT2D eigenvalue weighted by molar-refractivity contribution is 0.103. The number of methoxy groups -OCH3 is 2. The highest BCUT2D eigenvalue weighted by molar-refractivity contribution is 7.13. The molecule has 0 saturated carbocycles. The Balaban J connectivity index is 1.68. The number of nitrogens with one attached hydrogen (secondary N) is 1. The number of hydrogen-bond donors (Lipinski definition) is 1. The molecule has 0 unspecified atom stereocenters. The molecule has 0 aliphatic heterocycles. The topological polar surface area (TPSA) is 82.6 Å². The zero-order valence-corrected chi connectivity index (χ0v) is 16.9. The van der Waals surface area contributed by atoms with Crippen molar-refractivity contribution in [1.82, 2.24) is 9.97 Å². The van der Waals surface area contributed by atoms with Crippen molar-refractivity contribution in [1.29, 1.82) is 0 Å². The van der Waals surface area contributed by atoms with E-state index in [2.05, 4.69) is 15.3 Å². The van der Waals surface area contributed by atoms with Crippen LogP contribution in [0.1, 0.15) is 26.1 Å². The zero-order valence-electron chi connectivity index (χ0n) is 16.1. The summed E-state index contributed by atoms with van der Waals surface area (Å²) in [6.07, 6.45) is 1.67. The number of carbonyl (C=O) groups is 1. The first kappa shape index (κ1) is 19.6. The number of pyridine rings is 1. The maximum atomic E-state index is 12.7. The number of thiazole rings is 1. The van der Waals surface area contributed by atoms with Crippen LogP contribution in [-0.2, 0) is 6.61 Å². The van der Waals surface area contributed by atoms with Gasteiger partial charge < -0.3 is 19.5 Å². The minimum atomic E-state index is -0.231. The van der Waals surface area contributed by atoms with E-state index in [1.807, 2.05) is 19.1 Å². The van der Waals surface area contributed by atoms with Crippen LogP contribution >= 0.6 is 11.3 Å². The first-order valence-corrected chi connectivity index (χ1v) is 9.37. The van der Waals surface area contributed by atoms with Gasteiger partial charge in [0.25, 0.3) is 5.91 Å². The molecule has 146 valence electrons. The summed E-state index contributed by atoms with van der Waals surface area (Å²) in [7, 11) is 3.11.